The van der Waals surface area contributed by atoms with Gasteiger partial charge >= 0.3 is 0 Å². The number of carbonyl (C=O) groups is 1. The van der Waals surface area contributed by atoms with E-state index in [1.165, 1.54) is 12.0 Å². The Labute approximate surface area is 153 Å². The molecule has 0 aromatic carbocycles. The summed E-state index contributed by atoms with van der Waals surface area (Å²) in [5.74, 6) is 0.650. The lowest BCUT2D eigenvalue weighted by Crippen LogP contribution is -2.35. The minimum atomic E-state index is 0.0242. The SMILES string of the molecule is Cc1[nH]ncc1CCCNc1ncc(C(=O)N2CCCCC2)cc1Cl. The summed E-state index contributed by atoms with van der Waals surface area (Å²) in [6.07, 6.45) is 8.72. The molecule has 0 unspecified atom stereocenters. The molecule has 0 radical (unpaired) electrons. The number of halogens is 1. The van der Waals surface area contributed by atoms with Gasteiger partial charge in [-0.05, 0) is 50.7 Å². The number of hydrogen-bond donors (Lipinski definition) is 2. The van der Waals surface area contributed by atoms with Crippen LogP contribution < -0.4 is 5.32 Å². The molecular formula is C18H24ClN5O. The second kappa shape index (κ2) is 8.34. The smallest absolute Gasteiger partial charge is 0.255 e. The first-order valence-electron chi connectivity index (χ1n) is 8.82. The molecule has 6 nitrogen and oxygen atoms in total. The zero-order valence-electron chi connectivity index (χ0n) is 14.5. The van der Waals surface area contributed by atoms with Crippen LogP contribution in [0.5, 0.6) is 0 Å². The van der Waals surface area contributed by atoms with Gasteiger partial charge < -0.3 is 10.2 Å². The maximum atomic E-state index is 12.5. The molecule has 134 valence electrons. The number of aryl methyl sites for hydroxylation is 2. The summed E-state index contributed by atoms with van der Waals surface area (Å²) in [5, 5.41) is 10.7. The highest BCUT2D eigenvalue weighted by Gasteiger charge is 2.19. The molecule has 1 aliphatic heterocycles. The summed E-state index contributed by atoms with van der Waals surface area (Å²) in [5.41, 5.74) is 2.89. The third-order valence-electron chi connectivity index (χ3n) is 4.58. The van der Waals surface area contributed by atoms with Crippen LogP contribution in [0.1, 0.15) is 47.3 Å². The van der Waals surface area contributed by atoms with E-state index < -0.39 is 0 Å². The highest BCUT2D eigenvalue weighted by atomic mass is 35.5. The minimum Gasteiger partial charge on any atom is -0.369 e. The lowest BCUT2D eigenvalue weighted by atomic mass is 10.1. The van der Waals surface area contributed by atoms with E-state index in [0.29, 0.717) is 16.4 Å². The number of anilines is 1. The highest BCUT2D eigenvalue weighted by Crippen LogP contribution is 2.22. The van der Waals surface area contributed by atoms with Crippen molar-refractivity contribution in [3.05, 3.63) is 40.3 Å². The molecule has 1 amide bonds. The first kappa shape index (κ1) is 17.7. The number of H-pyrrole nitrogens is 1. The van der Waals surface area contributed by atoms with Gasteiger partial charge in [0, 0.05) is 31.5 Å². The number of likely N-dealkylation sites (tertiary alicyclic amines) is 1. The van der Waals surface area contributed by atoms with Crippen LogP contribution in [0.3, 0.4) is 0 Å². The molecule has 3 heterocycles. The molecule has 1 aliphatic rings. The summed E-state index contributed by atoms with van der Waals surface area (Å²) in [6, 6.07) is 1.72. The monoisotopic (exact) mass is 361 g/mol. The average Bonchev–Trinajstić information content (AvgIpc) is 3.05. The second-order valence-corrected chi connectivity index (χ2v) is 6.87. The van der Waals surface area contributed by atoms with E-state index in [1.807, 2.05) is 18.0 Å². The summed E-state index contributed by atoms with van der Waals surface area (Å²) in [4.78, 5) is 18.7. The molecule has 7 heteroatoms. The lowest BCUT2D eigenvalue weighted by molar-refractivity contribution is 0.0724. The van der Waals surface area contributed by atoms with E-state index in [0.717, 1.165) is 51.0 Å². The van der Waals surface area contributed by atoms with Gasteiger partial charge in [-0.15, -0.1) is 0 Å². The van der Waals surface area contributed by atoms with Gasteiger partial charge in [-0.1, -0.05) is 11.6 Å². The van der Waals surface area contributed by atoms with Crippen LogP contribution >= 0.6 is 11.6 Å². The largest absolute Gasteiger partial charge is 0.369 e. The van der Waals surface area contributed by atoms with Gasteiger partial charge in [-0.3, -0.25) is 9.89 Å². The molecule has 3 rings (SSSR count). The second-order valence-electron chi connectivity index (χ2n) is 6.46. The minimum absolute atomic E-state index is 0.0242. The number of amides is 1. The van der Waals surface area contributed by atoms with Crippen LogP contribution in [0, 0.1) is 6.92 Å². The van der Waals surface area contributed by atoms with E-state index in [9.17, 15) is 4.79 Å². The maximum absolute atomic E-state index is 12.5. The molecule has 0 atom stereocenters. The van der Waals surface area contributed by atoms with Crippen LogP contribution in [0.15, 0.2) is 18.5 Å². The van der Waals surface area contributed by atoms with Crippen LogP contribution in [-0.4, -0.2) is 45.6 Å². The topological polar surface area (TPSA) is 73.9 Å². The molecule has 2 aromatic heterocycles. The summed E-state index contributed by atoms with van der Waals surface area (Å²) < 4.78 is 0. The van der Waals surface area contributed by atoms with E-state index in [2.05, 4.69) is 20.5 Å². The van der Waals surface area contributed by atoms with Crippen molar-refractivity contribution in [1.29, 1.82) is 0 Å². The first-order chi connectivity index (χ1) is 12.1. The van der Waals surface area contributed by atoms with Crippen molar-refractivity contribution in [2.75, 3.05) is 25.0 Å². The Morgan fingerprint density at radius 1 is 1.32 bits per heavy atom. The summed E-state index contributed by atoms with van der Waals surface area (Å²) >= 11 is 6.31. The molecule has 1 fully saturated rings. The molecule has 25 heavy (non-hydrogen) atoms. The molecule has 0 spiro atoms. The van der Waals surface area contributed by atoms with Crippen molar-refractivity contribution in [2.24, 2.45) is 0 Å². The molecule has 0 bridgehead atoms. The fourth-order valence-corrected chi connectivity index (χ4v) is 3.31. The van der Waals surface area contributed by atoms with Gasteiger partial charge in [-0.2, -0.15) is 5.10 Å². The number of aromatic nitrogens is 3. The van der Waals surface area contributed by atoms with E-state index in [4.69, 9.17) is 11.6 Å². The predicted octanol–water partition coefficient (Wildman–Crippen LogP) is 3.44. The normalized spacial score (nSPS) is 14.6. The van der Waals surface area contributed by atoms with Crippen molar-refractivity contribution in [3.8, 4) is 0 Å². The highest BCUT2D eigenvalue weighted by molar-refractivity contribution is 6.33. The standard InChI is InChI=1S/C18H24ClN5O/c1-13-14(12-22-23-13)6-5-7-20-17-16(19)10-15(11-21-17)18(25)24-8-3-2-4-9-24/h10-12H,2-9H2,1H3,(H,20,21)(H,22,23). The van der Waals surface area contributed by atoms with E-state index in [-0.39, 0.29) is 5.91 Å². The lowest BCUT2D eigenvalue weighted by Gasteiger charge is -2.26. The number of rotatable bonds is 6. The van der Waals surface area contributed by atoms with Gasteiger partial charge in [0.15, 0.2) is 0 Å². The zero-order valence-corrected chi connectivity index (χ0v) is 15.3. The number of nitrogens with zero attached hydrogens (tertiary/aromatic N) is 3. The van der Waals surface area contributed by atoms with Crippen LogP contribution in [0.25, 0.3) is 0 Å². The van der Waals surface area contributed by atoms with Crippen molar-refractivity contribution in [2.45, 2.75) is 39.0 Å². The average molecular weight is 362 g/mol. The number of carbonyl (C=O) groups excluding carboxylic acids is 1. The van der Waals surface area contributed by atoms with Gasteiger partial charge in [0.1, 0.15) is 5.82 Å². The Morgan fingerprint density at radius 3 is 2.80 bits per heavy atom. The Balaban J connectivity index is 1.52. The van der Waals surface area contributed by atoms with Gasteiger partial charge in [0.05, 0.1) is 16.8 Å². The number of nitrogens with one attached hydrogen (secondary N) is 2. The van der Waals surface area contributed by atoms with Crippen LogP contribution in [0.2, 0.25) is 5.02 Å². The van der Waals surface area contributed by atoms with Crippen molar-refractivity contribution in [1.82, 2.24) is 20.1 Å². The maximum Gasteiger partial charge on any atom is 0.255 e. The molecule has 2 N–H and O–H groups in total. The van der Waals surface area contributed by atoms with E-state index in [1.54, 1.807) is 12.3 Å². The molecule has 0 saturated carbocycles. The number of piperidine rings is 1. The molecule has 1 saturated heterocycles. The van der Waals surface area contributed by atoms with Gasteiger partial charge in [0.25, 0.3) is 5.91 Å². The van der Waals surface area contributed by atoms with E-state index >= 15 is 0 Å². The zero-order chi connectivity index (χ0) is 17.6. The third kappa shape index (κ3) is 4.51. The fraction of sp³-hybridized carbons (Fsp3) is 0.500. The van der Waals surface area contributed by atoms with Crippen LogP contribution in [-0.2, 0) is 6.42 Å². The summed E-state index contributed by atoms with van der Waals surface area (Å²) in [7, 11) is 0. The number of pyridine rings is 1. The number of aromatic amines is 1. The van der Waals surface area contributed by atoms with Crippen molar-refractivity contribution >= 4 is 23.3 Å². The van der Waals surface area contributed by atoms with Crippen LogP contribution in [0.4, 0.5) is 5.82 Å². The Bertz CT molecular complexity index is 724. The van der Waals surface area contributed by atoms with Crippen molar-refractivity contribution < 1.29 is 4.79 Å². The predicted molar refractivity (Wildman–Crippen MR) is 99.1 cm³/mol. The molecular weight excluding hydrogens is 338 g/mol. The molecule has 0 aliphatic carbocycles. The Hall–Kier alpha value is -2.08. The van der Waals surface area contributed by atoms with Gasteiger partial charge in [0.2, 0.25) is 0 Å². The molecule has 2 aromatic rings. The Kier molecular flexibility index (Phi) is 5.91. The van der Waals surface area contributed by atoms with Crippen molar-refractivity contribution in [3.63, 3.8) is 0 Å². The summed E-state index contributed by atoms with van der Waals surface area (Å²) in [6.45, 7) is 4.43. The number of hydrogen-bond acceptors (Lipinski definition) is 4. The Morgan fingerprint density at radius 2 is 2.12 bits per heavy atom. The van der Waals surface area contributed by atoms with Gasteiger partial charge in [-0.25, -0.2) is 4.98 Å². The first-order valence-corrected chi connectivity index (χ1v) is 9.20. The fourth-order valence-electron chi connectivity index (χ4n) is 3.08. The quantitative estimate of drug-likeness (QED) is 0.773. The third-order valence-corrected chi connectivity index (χ3v) is 4.87.